The summed E-state index contributed by atoms with van der Waals surface area (Å²) in [5.74, 6) is 0.210. The third-order valence-corrected chi connectivity index (χ3v) is 7.27. The van der Waals surface area contributed by atoms with Gasteiger partial charge in [0.2, 0.25) is 0 Å². The Morgan fingerprint density at radius 2 is 1.62 bits per heavy atom. The van der Waals surface area contributed by atoms with Crippen LogP contribution in [0.2, 0.25) is 0 Å². The van der Waals surface area contributed by atoms with Gasteiger partial charge in [0.15, 0.2) is 0 Å². The van der Waals surface area contributed by atoms with E-state index in [2.05, 4.69) is 48.3 Å². The number of hydrogen-bond donors (Lipinski definition) is 1. The molecule has 202 valence electrons. The Balaban J connectivity index is 1.42. The molecule has 4 aromatic carbocycles. The molecule has 0 fully saturated rings. The molecule has 0 amide bonds. The zero-order valence-electron chi connectivity index (χ0n) is 22.7. The van der Waals surface area contributed by atoms with Crippen LogP contribution in [0, 0.1) is 5.82 Å². The molecule has 0 saturated carbocycles. The molecule has 6 rings (SSSR count). The summed E-state index contributed by atoms with van der Waals surface area (Å²) in [5.41, 5.74) is 6.95. The number of anilines is 2. The quantitative estimate of drug-likeness (QED) is 0.206. The van der Waals surface area contributed by atoms with Gasteiger partial charge in [-0.1, -0.05) is 30.3 Å². The van der Waals surface area contributed by atoms with E-state index in [0.29, 0.717) is 12.3 Å². The van der Waals surface area contributed by atoms with E-state index in [1.807, 2.05) is 24.3 Å². The predicted octanol–water partition coefficient (Wildman–Crippen LogP) is 7.29. The van der Waals surface area contributed by atoms with Gasteiger partial charge in [-0.3, -0.25) is 0 Å². The van der Waals surface area contributed by atoms with E-state index in [1.165, 1.54) is 18.2 Å². The molecule has 0 unspecified atom stereocenters. The van der Waals surface area contributed by atoms with Crippen molar-refractivity contribution < 1.29 is 23.4 Å². The largest absolute Gasteiger partial charge is 0.496 e. The van der Waals surface area contributed by atoms with Gasteiger partial charge >= 0.3 is 5.97 Å². The van der Waals surface area contributed by atoms with Crippen molar-refractivity contribution in [3.8, 4) is 28.4 Å². The third-order valence-electron chi connectivity index (χ3n) is 7.27. The maximum absolute atomic E-state index is 14.1. The molecule has 0 bridgehead atoms. The molecule has 6 nitrogen and oxygen atoms in total. The zero-order valence-corrected chi connectivity index (χ0v) is 22.7. The van der Waals surface area contributed by atoms with E-state index >= 15 is 0 Å². The van der Waals surface area contributed by atoms with E-state index in [-0.39, 0.29) is 16.9 Å². The second kappa shape index (κ2) is 9.75. The van der Waals surface area contributed by atoms with E-state index in [1.54, 1.807) is 32.4 Å². The molecule has 0 radical (unpaired) electrons. The smallest absolute Gasteiger partial charge is 0.346 e. The minimum Gasteiger partial charge on any atom is -0.496 e. The van der Waals surface area contributed by atoms with Crippen LogP contribution in [0.4, 0.5) is 15.8 Å². The van der Waals surface area contributed by atoms with Gasteiger partial charge in [-0.15, -0.1) is 0 Å². The molecule has 2 heterocycles. The van der Waals surface area contributed by atoms with Crippen LogP contribution in [-0.2, 0) is 6.54 Å². The molecular formula is C33H29FN2O4. The highest BCUT2D eigenvalue weighted by atomic mass is 19.1. The molecule has 40 heavy (non-hydrogen) atoms. The maximum Gasteiger partial charge on any atom is 0.346 e. The number of halogens is 1. The van der Waals surface area contributed by atoms with Crippen molar-refractivity contribution in [1.82, 2.24) is 0 Å². The fourth-order valence-corrected chi connectivity index (χ4v) is 5.53. The van der Waals surface area contributed by atoms with Gasteiger partial charge in [-0.05, 0) is 73.5 Å². The van der Waals surface area contributed by atoms with Gasteiger partial charge in [0.25, 0.3) is 0 Å². The third kappa shape index (κ3) is 4.33. The van der Waals surface area contributed by atoms with Gasteiger partial charge in [-0.25, -0.2) is 9.18 Å². The Morgan fingerprint density at radius 1 is 0.900 bits per heavy atom. The molecule has 0 aromatic heterocycles. The van der Waals surface area contributed by atoms with Crippen LogP contribution >= 0.6 is 0 Å². The number of carbonyl (C=O) groups is 1. The molecule has 2 aliphatic rings. The number of hydrogen-bond acceptors (Lipinski definition) is 6. The van der Waals surface area contributed by atoms with Crippen molar-refractivity contribution in [2.75, 3.05) is 24.4 Å². The van der Waals surface area contributed by atoms with Gasteiger partial charge in [0.1, 0.15) is 23.1 Å². The fraction of sp³-hybridized carbons (Fsp3) is 0.182. The van der Waals surface area contributed by atoms with Gasteiger partial charge in [0, 0.05) is 35.1 Å². The second-order valence-electron chi connectivity index (χ2n) is 10.4. The lowest BCUT2D eigenvalue weighted by Gasteiger charge is -2.33. The summed E-state index contributed by atoms with van der Waals surface area (Å²) in [6.07, 6.45) is 2.25. The normalized spacial score (nSPS) is 14.6. The first-order valence-electron chi connectivity index (χ1n) is 13.0. The van der Waals surface area contributed by atoms with Crippen LogP contribution in [0.15, 0.2) is 84.9 Å². The number of esters is 1. The number of methoxy groups -OCH3 is 2. The Labute approximate surface area is 232 Å². The van der Waals surface area contributed by atoms with Crippen LogP contribution < -0.4 is 24.4 Å². The summed E-state index contributed by atoms with van der Waals surface area (Å²) < 4.78 is 31.1. The topological polar surface area (TPSA) is 60.0 Å². The van der Waals surface area contributed by atoms with Crippen molar-refractivity contribution in [3.63, 3.8) is 0 Å². The average molecular weight is 537 g/mol. The number of para-hydroxylation sites is 2. The van der Waals surface area contributed by atoms with Crippen LogP contribution in [0.1, 0.15) is 35.3 Å². The minimum absolute atomic E-state index is 0.125. The highest BCUT2D eigenvalue weighted by Crippen LogP contribution is 2.51. The van der Waals surface area contributed by atoms with E-state index in [4.69, 9.17) is 14.2 Å². The molecule has 1 N–H and O–H groups in total. The fourth-order valence-electron chi connectivity index (χ4n) is 5.53. The molecule has 0 aliphatic carbocycles. The first-order valence-corrected chi connectivity index (χ1v) is 13.0. The van der Waals surface area contributed by atoms with Crippen LogP contribution in [0.3, 0.4) is 0 Å². The van der Waals surface area contributed by atoms with Gasteiger partial charge in [-0.2, -0.15) is 0 Å². The van der Waals surface area contributed by atoms with E-state index < -0.39 is 11.8 Å². The second-order valence-corrected chi connectivity index (χ2v) is 10.4. The van der Waals surface area contributed by atoms with Crippen LogP contribution in [-0.4, -0.2) is 25.7 Å². The number of rotatable bonds is 6. The first kappa shape index (κ1) is 25.5. The van der Waals surface area contributed by atoms with Crippen LogP contribution in [0.25, 0.3) is 16.8 Å². The standard InChI is InChI=1S/C33H29FN2O4/c1-33(2)18-28-31-24(19-36(28)27-11-7-8-12-29(27)38-3)21(15-16-26(31)35-33)22-14-13-20(17-30(22)39-4)40-32(37)23-9-5-6-10-25(23)34/h5-18,35H,19H2,1-4H3. The number of nitrogens with one attached hydrogen (secondary N) is 1. The molecule has 0 spiro atoms. The van der Waals surface area contributed by atoms with Gasteiger partial charge < -0.3 is 24.4 Å². The average Bonchev–Trinajstić information content (AvgIpc) is 3.32. The van der Waals surface area contributed by atoms with Crippen molar-refractivity contribution in [1.29, 1.82) is 0 Å². The Kier molecular flexibility index (Phi) is 6.22. The van der Waals surface area contributed by atoms with E-state index in [0.717, 1.165) is 45.1 Å². The maximum atomic E-state index is 14.1. The lowest BCUT2D eigenvalue weighted by Crippen LogP contribution is -2.33. The van der Waals surface area contributed by atoms with Crippen molar-refractivity contribution >= 4 is 23.0 Å². The van der Waals surface area contributed by atoms with Crippen LogP contribution in [0.5, 0.6) is 17.2 Å². The molecule has 0 atom stereocenters. The Bertz CT molecular complexity index is 1680. The van der Waals surface area contributed by atoms with Crippen molar-refractivity contribution in [2.24, 2.45) is 0 Å². The van der Waals surface area contributed by atoms with E-state index in [9.17, 15) is 9.18 Å². The number of benzene rings is 4. The monoisotopic (exact) mass is 536 g/mol. The predicted molar refractivity (Wildman–Crippen MR) is 155 cm³/mol. The van der Waals surface area contributed by atoms with Crippen molar-refractivity contribution in [2.45, 2.75) is 25.9 Å². The number of nitrogens with zero attached hydrogens (tertiary/aromatic N) is 1. The summed E-state index contributed by atoms with van der Waals surface area (Å²) in [4.78, 5) is 14.9. The van der Waals surface area contributed by atoms with Gasteiger partial charge in [0.05, 0.1) is 31.0 Å². The highest BCUT2D eigenvalue weighted by molar-refractivity contribution is 5.98. The Hall–Kier alpha value is -4.78. The minimum atomic E-state index is -0.767. The molecule has 7 heteroatoms. The molecular weight excluding hydrogens is 507 g/mol. The summed E-state index contributed by atoms with van der Waals surface area (Å²) >= 11 is 0. The number of ether oxygens (including phenoxy) is 3. The molecule has 0 saturated heterocycles. The molecule has 4 aromatic rings. The zero-order chi connectivity index (χ0) is 28.0. The van der Waals surface area contributed by atoms with Crippen molar-refractivity contribution in [3.05, 3.63) is 107 Å². The molecule has 2 aliphatic heterocycles. The lowest BCUT2D eigenvalue weighted by molar-refractivity contribution is 0.0729. The summed E-state index contributed by atoms with van der Waals surface area (Å²) in [5, 5.41) is 3.65. The SMILES string of the molecule is COc1cc(OC(=O)c2ccccc2F)ccc1-c1ccc2c3c1CN(c1ccccc1OC)C3=CC(C)(C)N2. The first-order chi connectivity index (χ1) is 19.3. The lowest BCUT2D eigenvalue weighted by atomic mass is 9.89. The summed E-state index contributed by atoms with van der Waals surface area (Å²) in [6.45, 7) is 4.94. The summed E-state index contributed by atoms with van der Waals surface area (Å²) in [6, 6.07) is 23.2. The summed E-state index contributed by atoms with van der Waals surface area (Å²) in [7, 11) is 3.26. The Morgan fingerprint density at radius 3 is 2.40 bits per heavy atom. The number of carbonyl (C=O) groups excluding carboxylic acids is 1. The highest BCUT2D eigenvalue weighted by Gasteiger charge is 2.37.